The van der Waals surface area contributed by atoms with E-state index in [1.165, 1.54) is 6.07 Å². The van der Waals surface area contributed by atoms with E-state index in [1.807, 2.05) is 0 Å². The quantitative estimate of drug-likeness (QED) is 0.434. The Morgan fingerprint density at radius 3 is 2.87 bits per heavy atom. The van der Waals surface area contributed by atoms with Crippen LogP contribution >= 0.6 is 0 Å². The fraction of sp³-hybridized carbons (Fsp3) is 0.100. The summed E-state index contributed by atoms with van der Waals surface area (Å²) in [6.07, 6.45) is 2.43. The molecular weight excluding hydrogens is 196 g/mol. The second-order valence-corrected chi connectivity index (χ2v) is 3.10. The van der Waals surface area contributed by atoms with Crippen LogP contribution in [0.15, 0.2) is 30.5 Å². The van der Waals surface area contributed by atoms with Crippen molar-refractivity contribution in [3.05, 3.63) is 40.6 Å². The summed E-state index contributed by atoms with van der Waals surface area (Å²) in [6.45, 7) is 0.213. The lowest BCUT2D eigenvalue weighted by molar-refractivity contribution is -0.383. The summed E-state index contributed by atoms with van der Waals surface area (Å²) in [5.41, 5.74) is 0.772. The molecule has 0 aliphatic rings. The highest BCUT2D eigenvalue weighted by molar-refractivity contribution is 5.89. The maximum absolute atomic E-state index is 10.7. The summed E-state index contributed by atoms with van der Waals surface area (Å²) in [7, 11) is 0. The van der Waals surface area contributed by atoms with Crippen LogP contribution in [0.2, 0.25) is 0 Å². The maximum atomic E-state index is 10.7. The SMILES string of the molecule is O=CCn1ccc2c([N+](=O)[O-])cccc21. The van der Waals surface area contributed by atoms with Crippen molar-refractivity contribution in [3.8, 4) is 0 Å². The van der Waals surface area contributed by atoms with E-state index in [0.29, 0.717) is 10.9 Å². The molecule has 15 heavy (non-hydrogen) atoms. The molecule has 0 atom stereocenters. The van der Waals surface area contributed by atoms with Crippen LogP contribution in [-0.2, 0) is 11.3 Å². The van der Waals surface area contributed by atoms with Crippen molar-refractivity contribution in [2.75, 3.05) is 0 Å². The average molecular weight is 204 g/mol. The van der Waals surface area contributed by atoms with E-state index < -0.39 is 4.92 Å². The van der Waals surface area contributed by atoms with E-state index >= 15 is 0 Å². The number of nitro benzene ring substituents is 1. The molecule has 5 heteroatoms. The van der Waals surface area contributed by atoms with Crippen molar-refractivity contribution >= 4 is 22.9 Å². The molecule has 0 saturated heterocycles. The largest absolute Gasteiger partial charge is 0.340 e. The van der Waals surface area contributed by atoms with Gasteiger partial charge in [-0.05, 0) is 12.1 Å². The molecule has 0 spiro atoms. The van der Waals surface area contributed by atoms with Gasteiger partial charge in [0.2, 0.25) is 0 Å². The van der Waals surface area contributed by atoms with Crippen molar-refractivity contribution in [2.24, 2.45) is 0 Å². The molecule has 0 bridgehead atoms. The molecule has 0 N–H and O–H groups in total. The van der Waals surface area contributed by atoms with Crippen LogP contribution in [0, 0.1) is 10.1 Å². The third-order valence-electron chi connectivity index (χ3n) is 2.26. The van der Waals surface area contributed by atoms with Crippen molar-refractivity contribution < 1.29 is 9.72 Å². The number of rotatable bonds is 3. The van der Waals surface area contributed by atoms with Gasteiger partial charge in [-0.25, -0.2) is 0 Å². The molecule has 2 rings (SSSR count). The lowest BCUT2D eigenvalue weighted by atomic mass is 10.2. The van der Waals surface area contributed by atoms with Crippen LogP contribution in [0.1, 0.15) is 0 Å². The minimum absolute atomic E-state index is 0.0668. The summed E-state index contributed by atoms with van der Waals surface area (Å²) in [6, 6.07) is 6.47. The van der Waals surface area contributed by atoms with Gasteiger partial charge in [0.15, 0.2) is 0 Å². The molecule has 1 aromatic carbocycles. The topological polar surface area (TPSA) is 65.1 Å². The lowest BCUT2D eigenvalue weighted by Gasteiger charge is -1.99. The summed E-state index contributed by atoms with van der Waals surface area (Å²) >= 11 is 0. The lowest BCUT2D eigenvalue weighted by Crippen LogP contribution is -1.96. The first-order valence-corrected chi connectivity index (χ1v) is 4.40. The smallest absolute Gasteiger partial charge is 0.278 e. The molecule has 1 heterocycles. The molecule has 0 aliphatic carbocycles. The number of hydrogen-bond donors (Lipinski definition) is 0. The number of fused-ring (bicyclic) bond motifs is 1. The fourth-order valence-corrected chi connectivity index (χ4v) is 1.61. The second-order valence-electron chi connectivity index (χ2n) is 3.10. The summed E-state index contributed by atoms with van der Waals surface area (Å²) in [5.74, 6) is 0. The Morgan fingerprint density at radius 1 is 1.40 bits per heavy atom. The van der Waals surface area contributed by atoms with E-state index in [9.17, 15) is 14.9 Å². The van der Waals surface area contributed by atoms with Gasteiger partial charge < -0.3 is 9.36 Å². The Kier molecular flexibility index (Phi) is 2.21. The normalized spacial score (nSPS) is 10.4. The van der Waals surface area contributed by atoms with Crippen LogP contribution in [0.4, 0.5) is 5.69 Å². The van der Waals surface area contributed by atoms with Gasteiger partial charge in [0.25, 0.3) is 5.69 Å². The maximum Gasteiger partial charge on any atom is 0.278 e. The van der Waals surface area contributed by atoms with Gasteiger partial charge in [-0.15, -0.1) is 0 Å². The van der Waals surface area contributed by atoms with E-state index in [2.05, 4.69) is 0 Å². The van der Waals surface area contributed by atoms with E-state index in [4.69, 9.17) is 0 Å². The van der Waals surface area contributed by atoms with Crippen molar-refractivity contribution in [3.63, 3.8) is 0 Å². The van der Waals surface area contributed by atoms with Gasteiger partial charge in [0.05, 0.1) is 22.4 Å². The molecule has 76 valence electrons. The molecular formula is C10H8N2O3. The molecule has 0 unspecified atom stereocenters. The van der Waals surface area contributed by atoms with Crippen molar-refractivity contribution in [1.29, 1.82) is 0 Å². The number of non-ortho nitro benzene ring substituents is 1. The third-order valence-corrected chi connectivity index (χ3v) is 2.26. The van der Waals surface area contributed by atoms with Crippen molar-refractivity contribution in [2.45, 2.75) is 6.54 Å². The molecule has 0 amide bonds. The number of aldehydes is 1. The van der Waals surface area contributed by atoms with Crippen LogP contribution < -0.4 is 0 Å². The molecule has 1 aromatic heterocycles. The summed E-state index contributed by atoms with van der Waals surface area (Å²) in [5, 5.41) is 11.3. The second kappa shape index (κ2) is 3.53. The number of benzene rings is 1. The minimum Gasteiger partial charge on any atom is -0.340 e. The van der Waals surface area contributed by atoms with Gasteiger partial charge in [-0.1, -0.05) is 6.07 Å². The monoisotopic (exact) mass is 204 g/mol. The predicted octanol–water partition coefficient (Wildman–Crippen LogP) is 1.75. The number of carbonyl (C=O) groups excluding carboxylic acids is 1. The van der Waals surface area contributed by atoms with E-state index in [0.717, 1.165) is 6.29 Å². The van der Waals surface area contributed by atoms with Gasteiger partial charge in [-0.3, -0.25) is 10.1 Å². The zero-order valence-corrected chi connectivity index (χ0v) is 7.79. The molecule has 0 aliphatic heterocycles. The highest BCUT2D eigenvalue weighted by Crippen LogP contribution is 2.25. The van der Waals surface area contributed by atoms with Gasteiger partial charge in [0.1, 0.15) is 6.29 Å². The van der Waals surface area contributed by atoms with Crippen LogP contribution in [0.3, 0.4) is 0 Å². The Balaban J connectivity index is 2.68. The van der Waals surface area contributed by atoms with Gasteiger partial charge in [-0.2, -0.15) is 0 Å². The number of nitrogens with zero attached hydrogens (tertiary/aromatic N) is 2. The van der Waals surface area contributed by atoms with E-state index in [-0.39, 0.29) is 12.2 Å². The predicted molar refractivity (Wildman–Crippen MR) is 54.7 cm³/mol. The molecule has 5 nitrogen and oxygen atoms in total. The standard InChI is InChI=1S/C10H8N2O3/c13-7-6-11-5-4-8-9(11)2-1-3-10(8)12(14)15/h1-5,7H,6H2. The third kappa shape index (κ3) is 1.48. The highest BCUT2D eigenvalue weighted by Gasteiger charge is 2.12. The molecule has 2 aromatic rings. The zero-order valence-electron chi connectivity index (χ0n) is 7.79. The van der Waals surface area contributed by atoms with Crippen molar-refractivity contribution in [1.82, 2.24) is 4.57 Å². The Labute approximate surface area is 85.1 Å². The molecule has 0 radical (unpaired) electrons. The molecule has 0 fully saturated rings. The molecule has 0 saturated carbocycles. The highest BCUT2D eigenvalue weighted by atomic mass is 16.6. The zero-order chi connectivity index (χ0) is 10.8. The number of hydrogen-bond acceptors (Lipinski definition) is 3. The Morgan fingerprint density at radius 2 is 2.20 bits per heavy atom. The fourth-order valence-electron chi connectivity index (χ4n) is 1.61. The number of carbonyl (C=O) groups is 1. The Bertz CT molecular complexity index is 530. The summed E-state index contributed by atoms with van der Waals surface area (Å²) < 4.78 is 1.68. The first-order chi connectivity index (χ1) is 7.24. The summed E-state index contributed by atoms with van der Waals surface area (Å²) in [4.78, 5) is 20.7. The first kappa shape index (κ1) is 9.39. The minimum atomic E-state index is -0.423. The van der Waals surface area contributed by atoms with Gasteiger partial charge in [0, 0.05) is 12.3 Å². The van der Waals surface area contributed by atoms with Crippen LogP contribution in [0.5, 0.6) is 0 Å². The Hall–Kier alpha value is -2.17. The number of aromatic nitrogens is 1. The van der Waals surface area contributed by atoms with Gasteiger partial charge >= 0.3 is 0 Å². The van der Waals surface area contributed by atoms with Crippen LogP contribution in [0.25, 0.3) is 10.9 Å². The van der Waals surface area contributed by atoms with E-state index in [1.54, 1.807) is 29.0 Å². The van der Waals surface area contributed by atoms with Crippen LogP contribution in [-0.4, -0.2) is 15.8 Å². The average Bonchev–Trinajstić information content (AvgIpc) is 2.62. The first-order valence-electron chi connectivity index (χ1n) is 4.40. The number of nitro groups is 1.